The second kappa shape index (κ2) is 5.86. The molecule has 2 N–H and O–H groups in total. The van der Waals surface area contributed by atoms with Crippen molar-refractivity contribution in [2.24, 2.45) is 5.92 Å². The lowest BCUT2D eigenvalue weighted by atomic mass is 9.70. The van der Waals surface area contributed by atoms with Crippen LogP contribution in [-0.2, 0) is 9.47 Å². The van der Waals surface area contributed by atoms with Crippen molar-refractivity contribution in [2.75, 3.05) is 7.11 Å². The van der Waals surface area contributed by atoms with Crippen LogP contribution in [0, 0.1) is 12.8 Å². The molecule has 0 saturated heterocycles. The Morgan fingerprint density at radius 1 is 1.27 bits per heavy atom. The van der Waals surface area contributed by atoms with Gasteiger partial charge in [0.15, 0.2) is 0 Å². The number of aromatic carboxylic acids is 1. The van der Waals surface area contributed by atoms with E-state index in [0.717, 1.165) is 30.4 Å². The average Bonchev–Trinajstić information content (AvgIpc) is 2.61. The van der Waals surface area contributed by atoms with Gasteiger partial charge in [0.2, 0.25) is 5.79 Å². The third kappa shape index (κ3) is 2.15. The van der Waals surface area contributed by atoms with Crippen LogP contribution < -0.4 is 4.74 Å². The van der Waals surface area contributed by atoms with Crippen LogP contribution in [0.2, 0.25) is 0 Å². The van der Waals surface area contributed by atoms with Crippen LogP contribution in [0.5, 0.6) is 11.5 Å². The molecule has 1 saturated carbocycles. The summed E-state index contributed by atoms with van der Waals surface area (Å²) < 4.78 is 18.5. The van der Waals surface area contributed by atoms with E-state index >= 15 is 0 Å². The summed E-state index contributed by atoms with van der Waals surface area (Å²) in [4.78, 5) is 11.9. The average molecular weight is 362 g/mol. The molecule has 3 aliphatic rings. The molecule has 0 radical (unpaired) electrons. The van der Waals surface area contributed by atoms with Gasteiger partial charge in [-0.2, -0.15) is 0 Å². The van der Waals surface area contributed by atoms with E-state index in [1.165, 1.54) is 0 Å². The van der Waals surface area contributed by atoms with E-state index in [1.54, 1.807) is 14.0 Å². The van der Waals surface area contributed by atoms with E-state index in [2.05, 4.69) is 0 Å². The van der Waals surface area contributed by atoms with Gasteiger partial charge in [0, 0.05) is 25.0 Å². The highest BCUT2D eigenvalue weighted by Crippen LogP contribution is 2.59. The molecule has 4 rings (SSSR count). The molecule has 0 bridgehead atoms. The van der Waals surface area contributed by atoms with Crippen molar-refractivity contribution in [1.29, 1.82) is 0 Å². The van der Waals surface area contributed by atoms with E-state index in [4.69, 9.17) is 14.2 Å². The summed E-state index contributed by atoms with van der Waals surface area (Å²) in [5, 5.41) is 20.4. The first-order valence-electron chi connectivity index (χ1n) is 9.34. The lowest BCUT2D eigenvalue weighted by molar-refractivity contribution is -0.263. The van der Waals surface area contributed by atoms with Gasteiger partial charge in [-0.15, -0.1) is 0 Å². The van der Waals surface area contributed by atoms with Crippen LogP contribution in [-0.4, -0.2) is 35.2 Å². The van der Waals surface area contributed by atoms with Crippen molar-refractivity contribution < 1.29 is 29.2 Å². The molecule has 6 heteroatoms. The van der Waals surface area contributed by atoms with E-state index in [9.17, 15) is 15.0 Å². The highest BCUT2D eigenvalue weighted by atomic mass is 16.7. The van der Waals surface area contributed by atoms with E-state index in [1.807, 2.05) is 13.8 Å². The lowest BCUT2D eigenvalue weighted by Crippen LogP contribution is -2.55. The monoisotopic (exact) mass is 362 g/mol. The SMILES string of the molecule is CO[C@]12CCCC[C@@H]1[C@H]1O[C@H](C)[C@@H](C)c3c(C)c(O)c(C(=O)O)c(c31)O2. The van der Waals surface area contributed by atoms with Crippen molar-refractivity contribution in [3.8, 4) is 11.5 Å². The molecule has 1 aromatic carbocycles. The van der Waals surface area contributed by atoms with Crippen molar-refractivity contribution in [3.05, 3.63) is 22.3 Å². The van der Waals surface area contributed by atoms with Gasteiger partial charge in [-0.3, -0.25) is 0 Å². The first-order valence-corrected chi connectivity index (χ1v) is 9.34. The third-order valence-corrected chi connectivity index (χ3v) is 6.62. The Morgan fingerprint density at radius 2 is 2.00 bits per heavy atom. The highest BCUT2D eigenvalue weighted by Gasteiger charge is 2.56. The molecule has 1 aromatic rings. The molecule has 1 fully saturated rings. The van der Waals surface area contributed by atoms with Gasteiger partial charge in [0.1, 0.15) is 17.1 Å². The molecule has 26 heavy (non-hydrogen) atoms. The zero-order chi connectivity index (χ0) is 18.8. The topological polar surface area (TPSA) is 85.2 Å². The van der Waals surface area contributed by atoms with Gasteiger partial charge in [0.25, 0.3) is 0 Å². The predicted octanol–water partition coefficient (Wildman–Crippen LogP) is 3.89. The lowest BCUT2D eigenvalue weighted by Gasteiger charge is -2.53. The first-order chi connectivity index (χ1) is 12.3. The maximum absolute atomic E-state index is 11.9. The number of rotatable bonds is 2. The van der Waals surface area contributed by atoms with E-state index in [-0.39, 0.29) is 41.1 Å². The first kappa shape index (κ1) is 17.6. The number of hydrogen-bond acceptors (Lipinski definition) is 5. The number of carboxylic acid groups (broad SMARTS) is 1. The summed E-state index contributed by atoms with van der Waals surface area (Å²) in [5.74, 6) is -2.05. The zero-order valence-electron chi connectivity index (χ0n) is 15.7. The van der Waals surface area contributed by atoms with Crippen LogP contribution in [0.25, 0.3) is 0 Å². The number of fused-ring (bicyclic) bond motifs is 2. The molecule has 6 nitrogen and oxygen atoms in total. The number of phenols is 1. The molecule has 0 unspecified atom stereocenters. The largest absolute Gasteiger partial charge is 0.507 e. The molecule has 0 amide bonds. The quantitative estimate of drug-likeness (QED) is 0.830. The Kier molecular flexibility index (Phi) is 3.97. The van der Waals surface area contributed by atoms with Gasteiger partial charge >= 0.3 is 5.97 Å². The summed E-state index contributed by atoms with van der Waals surface area (Å²) in [6.07, 6.45) is 3.28. The van der Waals surface area contributed by atoms with Gasteiger partial charge in [-0.1, -0.05) is 13.3 Å². The third-order valence-electron chi connectivity index (χ3n) is 6.62. The summed E-state index contributed by atoms with van der Waals surface area (Å²) >= 11 is 0. The van der Waals surface area contributed by atoms with Crippen LogP contribution in [0.1, 0.15) is 78.6 Å². The van der Waals surface area contributed by atoms with Crippen molar-refractivity contribution in [3.63, 3.8) is 0 Å². The van der Waals surface area contributed by atoms with Gasteiger partial charge in [0.05, 0.1) is 18.1 Å². The minimum atomic E-state index is -1.20. The van der Waals surface area contributed by atoms with Crippen molar-refractivity contribution in [1.82, 2.24) is 0 Å². The number of benzene rings is 1. The van der Waals surface area contributed by atoms with Crippen molar-refractivity contribution in [2.45, 2.75) is 70.4 Å². The van der Waals surface area contributed by atoms with Crippen LogP contribution in [0.15, 0.2) is 0 Å². The Balaban J connectivity index is 2.05. The van der Waals surface area contributed by atoms with E-state index in [0.29, 0.717) is 12.0 Å². The standard InChI is InChI=1S/C20H26O6/c1-9-11(3)25-17-12-7-5-6-8-20(12,24-4)26-18-14(17)13(9)10(2)16(21)15(18)19(22)23/h9,11-12,17,21H,5-8H2,1-4H3,(H,22,23)/t9-,11-,12-,17-,20+/m1/s1. The van der Waals surface area contributed by atoms with Gasteiger partial charge in [-0.05, 0) is 37.8 Å². The molecule has 142 valence electrons. The molecule has 2 aliphatic heterocycles. The molecule has 0 aromatic heterocycles. The predicted molar refractivity (Wildman–Crippen MR) is 93.8 cm³/mol. The Morgan fingerprint density at radius 3 is 2.65 bits per heavy atom. The minimum Gasteiger partial charge on any atom is -0.507 e. The second-order valence-electron chi connectivity index (χ2n) is 7.83. The molecule has 2 heterocycles. The summed E-state index contributed by atoms with van der Waals surface area (Å²) in [7, 11) is 1.60. The summed E-state index contributed by atoms with van der Waals surface area (Å²) in [5.41, 5.74) is 2.18. The highest BCUT2D eigenvalue weighted by molar-refractivity contribution is 5.96. The van der Waals surface area contributed by atoms with Crippen LogP contribution in [0.3, 0.4) is 0 Å². The smallest absolute Gasteiger partial charge is 0.343 e. The van der Waals surface area contributed by atoms with Crippen LogP contribution in [0.4, 0.5) is 0 Å². The minimum absolute atomic E-state index is 0.00744. The van der Waals surface area contributed by atoms with E-state index < -0.39 is 11.8 Å². The van der Waals surface area contributed by atoms with Gasteiger partial charge < -0.3 is 24.4 Å². The second-order valence-corrected chi connectivity index (χ2v) is 7.83. The molecular weight excluding hydrogens is 336 g/mol. The molecule has 1 aliphatic carbocycles. The molecular formula is C20H26O6. The normalized spacial score (nSPS) is 35.2. The van der Waals surface area contributed by atoms with Crippen molar-refractivity contribution >= 4 is 5.97 Å². The fraction of sp³-hybridized carbons (Fsp3) is 0.650. The number of methoxy groups -OCH3 is 1. The van der Waals surface area contributed by atoms with Gasteiger partial charge in [-0.25, -0.2) is 4.79 Å². The number of carboxylic acids is 1. The fourth-order valence-corrected chi connectivity index (χ4v) is 5.12. The maximum Gasteiger partial charge on any atom is 0.343 e. The number of ether oxygens (including phenoxy) is 3. The number of aromatic hydroxyl groups is 1. The summed E-state index contributed by atoms with van der Waals surface area (Å²) in [6.45, 7) is 5.85. The van der Waals surface area contributed by atoms with Crippen LogP contribution >= 0.6 is 0 Å². The molecule has 5 atom stereocenters. The Hall–Kier alpha value is -1.79. The number of carbonyl (C=O) groups is 1. The zero-order valence-corrected chi connectivity index (χ0v) is 15.7. The number of hydrogen-bond donors (Lipinski definition) is 2. The summed E-state index contributed by atoms with van der Waals surface area (Å²) in [6, 6.07) is 0. The fourth-order valence-electron chi connectivity index (χ4n) is 5.12. The Bertz CT molecular complexity index is 772. The molecule has 0 spiro atoms. The maximum atomic E-state index is 11.9. The Labute approximate surface area is 153 Å².